The summed E-state index contributed by atoms with van der Waals surface area (Å²) in [5.74, 6) is 5.05. The molecule has 2 aromatic rings. The van der Waals surface area contributed by atoms with Gasteiger partial charge in [-0.15, -0.1) is 6.42 Å². The lowest BCUT2D eigenvalue weighted by atomic mass is 10.0. The van der Waals surface area contributed by atoms with E-state index in [1.165, 1.54) is 24.3 Å². The molecule has 0 radical (unpaired) electrons. The Morgan fingerprint density at radius 3 is 2.19 bits per heavy atom. The van der Waals surface area contributed by atoms with E-state index >= 15 is 0 Å². The minimum atomic E-state index is -1.53. The van der Waals surface area contributed by atoms with Crippen molar-refractivity contribution in [1.29, 1.82) is 0 Å². The number of terminal acetylenes is 1. The van der Waals surface area contributed by atoms with E-state index in [0.717, 1.165) is 20.1 Å². The van der Waals surface area contributed by atoms with Crippen LogP contribution >= 0.6 is 0 Å². The highest BCUT2D eigenvalue weighted by molar-refractivity contribution is 5.90. The first-order valence-corrected chi connectivity index (χ1v) is 9.53. The van der Waals surface area contributed by atoms with Crippen molar-refractivity contribution < 1.29 is 33.0 Å². The monoisotopic (exact) mass is 436 g/mol. The van der Waals surface area contributed by atoms with Crippen LogP contribution in [0.2, 0.25) is 0 Å². The third kappa shape index (κ3) is 6.45. The number of benzene rings is 2. The molecule has 0 saturated heterocycles. The van der Waals surface area contributed by atoms with Gasteiger partial charge in [-0.1, -0.05) is 23.8 Å². The van der Waals surface area contributed by atoms with Gasteiger partial charge in [-0.25, -0.2) is 14.0 Å². The molecule has 2 aromatic carbocycles. The van der Waals surface area contributed by atoms with E-state index in [1.54, 1.807) is 19.9 Å². The third-order valence-electron chi connectivity index (χ3n) is 4.01. The van der Waals surface area contributed by atoms with Gasteiger partial charge in [0.05, 0.1) is 18.8 Å². The van der Waals surface area contributed by atoms with E-state index in [1.807, 2.05) is 0 Å². The Hall–Kier alpha value is -4.10. The molecule has 32 heavy (non-hydrogen) atoms. The SMILES string of the molecule is C#Cc1cc(C#Cc2ccc(C(OC(C)=O)C(=O)OC)c(F)c2)cc(C(=O)OC(C)C)c1. The van der Waals surface area contributed by atoms with Gasteiger partial charge in [-0.3, -0.25) is 4.79 Å². The number of rotatable bonds is 5. The lowest BCUT2D eigenvalue weighted by molar-refractivity contribution is -0.165. The summed E-state index contributed by atoms with van der Waals surface area (Å²) in [6, 6.07) is 8.50. The van der Waals surface area contributed by atoms with Crippen LogP contribution in [-0.4, -0.2) is 31.1 Å². The molecule has 164 valence electrons. The van der Waals surface area contributed by atoms with Crippen LogP contribution in [0.3, 0.4) is 0 Å². The molecule has 0 aliphatic rings. The van der Waals surface area contributed by atoms with Gasteiger partial charge in [0.15, 0.2) is 0 Å². The fraction of sp³-hybridized carbons (Fsp3) is 0.240. The Labute approximate surface area is 185 Å². The number of carbonyl (C=O) groups is 3. The number of methoxy groups -OCH3 is 1. The summed E-state index contributed by atoms with van der Waals surface area (Å²) in [7, 11) is 1.10. The van der Waals surface area contributed by atoms with E-state index in [0.29, 0.717) is 11.1 Å². The lowest BCUT2D eigenvalue weighted by Crippen LogP contribution is -2.21. The van der Waals surface area contributed by atoms with Crippen LogP contribution in [0, 0.1) is 30.0 Å². The molecule has 0 bridgehead atoms. The average molecular weight is 436 g/mol. The van der Waals surface area contributed by atoms with Gasteiger partial charge in [0.2, 0.25) is 6.10 Å². The molecule has 1 atom stereocenters. The van der Waals surface area contributed by atoms with Gasteiger partial charge < -0.3 is 14.2 Å². The standard InChI is InChI=1S/C25H21FO6/c1-6-17-11-19(13-20(12-17)24(28)31-15(2)3)8-7-18-9-10-21(22(26)14-18)23(25(29)30-5)32-16(4)27/h1,9-15,23H,2-5H3. The second kappa shape index (κ2) is 10.8. The number of esters is 3. The van der Waals surface area contributed by atoms with E-state index in [2.05, 4.69) is 22.5 Å². The first-order chi connectivity index (χ1) is 15.1. The summed E-state index contributed by atoms with van der Waals surface area (Å²) in [5, 5.41) is 0. The summed E-state index contributed by atoms with van der Waals surface area (Å²) >= 11 is 0. The average Bonchev–Trinajstić information content (AvgIpc) is 2.75. The molecular weight excluding hydrogens is 415 g/mol. The number of halogens is 1. The molecule has 0 spiro atoms. The fourth-order valence-corrected chi connectivity index (χ4v) is 2.66. The van der Waals surface area contributed by atoms with Crippen LogP contribution in [0.15, 0.2) is 36.4 Å². The Balaban J connectivity index is 2.37. The molecule has 7 heteroatoms. The second-order valence-corrected chi connectivity index (χ2v) is 6.90. The summed E-state index contributed by atoms with van der Waals surface area (Å²) in [5.41, 5.74) is 1.26. The highest BCUT2D eigenvalue weighted by Gasteiger charge is 2.27. The highest BCUT2D eigenvalue weighted by atomic mass is 19.1. The van der Waals surface area contributed by atoms with Crippen molar-refractivity contribution >= 4 is 17.9 Å². The van der Waals surface area contributed by atoms with Crippen molar-refractivity contribution in [2.45, 2.75) is 33.0 Å². The molecule has 0 aliphatic carbocycles. The Bertz CT molecular complexity index is 1150. The van der Waals surface area contributed by atoms with Crippen LogP contribution in [-0.2, 0) is 23.8 Å². The summed E-state index contributed by atoms with van der Waals surface area (Å²) in [6.07, 6.45) is 3.63. The van der Waals surface area contributed by atoms with Gasteiger partial charge in [-0.05, 0) is 44.2 Å². The van der Waals surface area contributed by atoms with Gasteiger partial charge >= 0.3 is 17.9 Å². The van der Waals surface area contributed by atoms with Crippen LogP contribution < -0.4 is 0 Å². The molecule has 0 saturated carbocycles. The van der Waals surface area contributed by atoms with Gasteiger partial charge in [0, 0.05) is 29.2 Å². The molecular formula is C25H21FO6. The van der Waals surface area contributed by atoms with E-state index < -0.39 is 29.8 Å². The Kier molecular flexibility index (Phi) is 8.15. The van der Waals surface area contributed by atoms with Crippen molar-refractivity contribution in [3.05, 3.63) is 70.0 Å². The predicted octanol–water partition coefficient (Wildman–Crippen LogP) is 3.55. The molecule has 0 fully saturated rings. The quantitative estimate of drug-likeness (QED) is 0.405. The van der Waals surface area contributed by atoms with Crippen molar-refractivity contribution in [1.82, 2.24) is 0 Å². The first-order valence-electron chi connectivity index (χ1n) is 9.53. The van der Waals surface area contributed by atoms with Crippen LogP contribution in [0.5, 0.6) is 0 Å². The minimum absolute atomic E-state index is 0.161. The number of carbonyl (C=O) groups excluding carboxylic acids is 3. The topological polar surface area (TPSA) is 78.9 Å². The third-order valence-corrected chi connectivity index (χ3v) is 4.01. The lowest BCUT2D eigenvalue weighted by Gasteiger charge is -2.15. The zero-order chi connectivity index (χ0) is 23.8. The number of ether oxygens (including phenoxy) is 3. The van der Waals surface area contributed by atoms with Crippen LogP contribution in [0.1, 0.15) is 59.5 Å². The smallest absolute Gasteiger partial charge is 0.352 e. The molecule has 0 heterocycles. The maximum Gasteiger partial charge on any atom is 0.352 e. The van der Waals surface area contributed by atoms with Crippen LogP contribution in [0.4, 0.5) is 4.39 Å². The van der Waals surface area contributed by atoms with Crippen molar-refractivity contribution in [2.75, 3.05) is 7.11 Å². The van der Waals surface area contributed by atoms with Gasteiger partial charge in [0.1, 0.15) is 5.82 Å². The number of hydrogen-bond acceptors (Lipinski definition) is 6. The molecule has 0 amide bonds. The van der Waals surface area contributed by atoms with Crippen molar-refractivity contribution in [2.24, 2.45) is 0 Å². The van der Waals surface area contributed by atoms with E-state index in [9.17, 15) is 18.8 Å². The van der Waals surface area contributed by atoms with E-state index in [-0.39, 0.29) is 22.8 Å². The van der Waals surface area contributed by atoms with Crippen molar-refractivity contribution in [3.63, 3.8) is 0 Å². The maximum absolute atomic E-state index is 14.6. The molecule has 0 aromatic heterocycles. The first kappa shape index (κ1) is 24.2. The molecule has 0 aliphatic heterocycles. The largest absolute Gasteiger partial charge is 0.466 e. The van der Waals surface area contributed by atoms with Gasteiger partial charge in [-0.2, -0.15) is 0 Å². The Morgan fingerprint density at radius 1 is 0.969 bits per heavy atom. The molecule has 2 rings (SSSR count). The second-order valence-electron chi connectivity index (χ2n) is 6.90. The fourth-order valence-electron chi connectivity index (χ4n) is 2.66. The Morgan fingerprint density at radius 2 is 1.62 bits per heavy atom. The number of hydrogen-bond donors (Lipinski definition) is 0. The molecule has 1 unspecified atom stereocenters. The zero-order valence-corrected chi connectivity index (χ0v) is 18.0. The van der Waals surface area contributed by atoms with Crippen LogP contribution in [0.25, 0.3) is 0 Å². The summed E-state index contributed by atoms with van der Waals surface area (Å²) in [6.45, 7) is 4.56. The minimum Gasteiger partial charge on any atom is -0.466 e. The van der Waals surface area contributed by atoms with Crippen molar-refractivity contribution in [3.8, 4) is 24.2 Å². The molecule has 6 nitrogen and oxygen atoms in total. The highest BCUT2D eigenvalue weighted by Crippen LogP contribution is 2.23. The zero-order valence-electron chi connectivity index (χ0n) is 18.0. The van der Waals surface area contributed by atoms with Gasteiger partial charge in [0.25, 0.3) is 0 Å². The summed E-state index contributed by atoms with van der Waals surface area (Å²) in [4.78, 5) is 35.3. The van der Waals surface area contributed by atoms with E-state index in [4.69, 9.17) is 15.9 Å². The maximum atomic E-state index is 14.6. The molecule has 0 N–H and O–H groups in total. The normalized spacial score (nSPS) is 10.9. The predicted molar refractivity (Wildman–Crippen MR) is 114 cm³/mol. The summed E-state index contributed by atoms with van der Waals surface area (Å²) < 4.78 is 29.3.